The molecule has 3 aromatic rings. The number of hydrogen-bond acceptors (Lipinski definition) is 2. The van der Waals surface area contributed by atoms with Crippen molar-refractivity contribution < 1.29 is 0 Å². The van der Waals surface area contributed by atoms with Crippen molar-refractivity contribution >= 4 is 10.9 Å². The lowest BCUT2D eigenvalue weighted by atomic mass is 9.70. The molecule has 0 radical (unpaired) electrons. The summed E-state index contributed by atoms with van der Waals surface area (Å²) in [6.45, 7) is 0. The molecule has 2 heterocycles. The van der Waals surface area contributed by atoms with Crippen LogP contribution in [-0.4, -0.2) is 9.97 Å². The Balaban J connectivity index is 1.69. The summed E-state index contributed by atoms with van der Waals surface area (Å²) < 4.78 is 0. The van der Waals surface area contributed by atoms with Gasteiger partial charge in [0, 0.05) is 34.8 Å². The Hall–Kier alpha value is -2.22. The molecular weight excluding hydrogens is 244 g/mol. The minimum Gasteiger partial charge on any atom is -0.261 e. The molecule has 4 rings (SSSR count). The number of nitrogens with zero attached hydrogens (tertiary/aromatic N) is 2. The van der Waals surface area contributed by atoms with Gasteiger partial charge in [0.25, 0.3) is 0 Å². The van der Waals surface area contributed by atoms with Crippen LogP contribution in [0.15, 0.2) is 60.8 Å². The molecule has 2 nitrogen and oxygen atoms in total. The quantitative estimate of drug-likeness (QED) is 0.687. The van der Waals surface area contributed by atoms with Crippen molar-refractivity contribution in [3.05, 3.63) is 72.2 Å². The molecular formula is C18H16N2. The molecule has 0 spiro atoms. The number of fused-ring (bicyclic) bond motifs is 1. The number of aromatic nitrogens is 2. The maximum Gasteiger partial charge on any atom is 0.0705 e. The fraction of sp³-hybridized carbons (Fsp3) is 0.222. The smallest absolute Gasteiger partial charge is 0.0705 e. The van der Waals surface area contributed by atoms with Crippen molar-refractivity contribution in [3.63, 3.8) is 0 Å². The molecule has 1 aliphatic rings. The summed E-state index contributed by atoms with van der Waals surface area (Å²) in [5.74, 6) is 1.05. The largest absolute Gasteiger partial charge is 0.261 e. The molecule has 2 atom stereocenters. The molecule has 0 N–H and O–H groups in total. The standard InChI is InChI=1S/C18H16N2/c1-2-6-16-13(5-1)8-11-18(20-16)15-10-9-14(15)17-7-3-4-12-19-17/h1-8,11-12,14-15H,9-10H2/t14-,15-/m0/s1. The van der Waals surface area contributed by atoms with Gasteiger partial charge in [-0.2, -0.15) is 0 Å². The molecule has 1 saturated carbocycles. The van der Waals surface area contributed by atoms with Gasteiger partial charge in [-0.3, -0.25) is 9.97 Å². The van der Waals surface area contributed by atoms with Crippen LogP contribution in [0.25, 0.3) is 10.9 Å². The maximum absolute atomic E-state index is 4.85. The van der Waals surface area contributed by atoms with E-state index in [9.17, 15) is 0 Å². The van der Waals surface area contributed by atoms with Gasteiger partial charge in [-0.1, -0.05) is 30.3 Å². The maximum atomic E-state index is 4.85. The second-order valence-electron chi connectivity index (χ2n) is 5.47. The van der Waals surface area contributed by atoms with Crippen LogP contribution in [0.2, 0.25) is 0 Å². The molecule has 0 aliphatic heterocycles. The van der Waals surface area contributed by atoms with Gasteiger partial charge in [-0.25, -0.2) is 0 Å². The molecule has 0 unspecified atom stereocenters. The zero-order valence-electron chi connectivity index (χ0n) is 11.2. The minimum atomic E-state index is 0.523. The second kappa shape index (κ2) is 4.71. The highest BCUT2D eigenvalue weighted by molar-refractivity contribution is 5.78. The van der Waals surface area contributed by atoms with Gasteiger partial charge < -0.3 is 0 Å². The molecule has 0 saturated heterocycles. The Morgan fingerprint density at radius 1 is 0.750 bits per heavy atom. The van der Waals surface area contributed by atoms with Crippen molar-refractivity contribution in [1.82, 2.24) is 9.97 Å². The van der Waals surface area contributed by atoms with Crippen molar-refractivity contribution in [1.29, 1.82) is 0 Å². The molecule has 0 bridgehead atoms. The molecule has 2 aromatic heterocycles. The molecule has 1 fully saturated rings. The summed E-state index contributed by atoms with van der Waals surface area (Å²) in [6, 6.07) is 18.9. The Labute approximate surface area is 118 Å². The van der Waals surface area contributed by atoms with Crippen LogP contribution < -0.4 is 0 Å². The molecule has 1 aromatic carbocycles. The van der Waals surface area contributed by atoms with Crippen molar-refractivity contribution in [3.8, 4) is 0 Å². The first-order chi connectivity index (χ1) is 9.92. The van der Waals surface area contributed by atoms with Crippen molar-refractivity contribution in [2.75, 3.05) is 0 Å². The molecule has 0 amide bonds. The SMILES string of the molecule is c1ccc([C@H]2CC[C@@H]2c2ccc3ccccc3n2)nc1. The number of para-hydroxylation sites is 1. The van der Waals surface area contributed by atoms with E-state index in [0.29, 0.717) is 11.8 Å². The minimum absolute atomic E-state index is 0.523. The van der Waals surface area contributed by atoms with E-state index < -0.39 is 0 Å². The van der Waals surface area contributed by atoms with Crippen LogP contribution in [0, 0.1) is 0 Å². The van der Waals surface area contributed by atoms with Gasteiger partial charge in [0.05, 0.1) is 5.52 Å². The summed E-state index contributed by atoms with van der Waals surface area (Å²) in [5, 5.41) is 1.21. The van der Waals surface area contributed by atoms with E-state index in [2.05, 4.69) is 53.5 Å². The third kappa shape index (κ3) is 1.88. The fourth-order valence-corrected chi connectivity index (χ4v) is 3.09. The number of pyridine rings is 2. The van der Waals surface area contributed by atoms with E-state index in [1.165, 1.54) is 29.6 Å². The highest BCUT2D eigenvalue weighted by Gasteiger charge is 2.35. The van der Waals surface area contributed by atoms with Gasteiger partial charge >= 0.3 is 0 Å². The fourth-order valence-electron chi connectivity index (χ4n) is 3.09. The Kier molecular flexibility index (Phi) is 2.73. The van der Waals surface area contributed by atoms with Crippen LogP contribution in [0.4, 0.5) is 0 Å². The Bertz CT molecular complexity index is 737. The number of benzene rings is 1. The Morgan fingerprint density at radius 2 is 1.55 bits per heavy atom. The first-order valence-electron chi connectivity index (χ1n) is 7.18. The normalized spacial score (nSPS) is 21.6. The summed E-state index contributed by atoms with van der Waals surface area (Å²) in [6.07, 6.45) is 4.32. The topological polar surface area (TPSA) is 25.8 Å². The van der Waals surface area contributed by atoms with Crippen molar-refractivity contribution in [2.45, 2.75) is 24.7 Å². The zero-order valence-corrected chi connectivity index (χ0v) is 11.2. The van der Waals surface area contributed by atoms with Crippen LogP contribution in [0.3, 0.4) is 0 Å². The average molecular weight is 260 g/mol. The van der Waals surface area contributed by atoms with Crippen LogP contribution in [-0.2, 0) is 0 Å². The van der Waals surface area contributed by atoms with Crippen LogP contribution >= 0.6 is 0 Å². The van der Waals surface area contributed by atoms with Crippen LogP contribution in [0.1, 0.15) is 36.1 Å². The summed E-state index contributed by atoms with van der Waals surface area (Å²) in [4.78, 5) is 9.36. The summed E-state index contributed by atoms with van der Waals surface area (Å²) >= 11 is 0. The number of rotatable bonds is 2. The van der Waals surface area contributed by atoms with Crippen LogP contribution in [0.5, 0.6) is 0 Å². The van der Waals surface area contributed by atoms with E-state index in [4.69, 9.17) is 4.98 Å². The molecule has 2 heteroatoms. The van der Waals surface area contributed by atoms with Gasteiger partial charge in [-0.05, 0) is 37.1 Å². The second-order valence-corrected chi connectivity index (χ2v) is 5.47. The molecule has 98 valence electrons. The lowest BCUT2D eigenvalue weighted by Gasteiger charge is -2.35. The first-order valence-corrected chi connectivity index (χ1v) is 7.18. The van der Waals surface area contributed by atoms with Gasteiger partial charge in [-0.15, -0.1) is 0 Å². The molecule has 1 aliphatic carbocycles. The molecule has 20 heavy (non-hydrogen) atoms. The van der Waals surface area contributed by atoms with E-state index in [1.807, 2.05) is 12.3 Å². The highest BCUT2D eigenvalue weighted by Crippen LogP contribution is 2.47. The van der Waals surface area contributed by atoms with E-state index in [0.717, 1.165) is 5.52 Å². The third-order valence-electron chi connectivity index (χ3n) is 4.34. The Morgan fingerprint density at radius 3 is 2.35 bits per heavy atom. The average Bonchev–Trinajstić information content (AvgIpc) is 2.47. The lowest BCUT2D eigenvalue weighted by molar-refractivity contribution is 0.334. The van der Waals surface area contributed by atoms with Gasteiger partial charge in [0.1, 0.15) is 0 Å². The monoisotopic (exact) mass is 260 g/mol. The first kappa shape index (κ1) is 11.6. The third-order valence-corrected chi connectivity index (χ3v) is 4.34. The number of hydrogen-bond donors (Lipinski definition) is 0. The lowest BCUT2D eigenvalue weighted by Crippen LogP contribution is -2.23. The van der Waals surface area contributed by atoms with E-state index >= 15 is 0 Å². The van der Waals surface area contributed by atoms with Gasteiger partial charge in [0.2, 0.25) is 0 Å². The highest BCUT2D eigenvalue weighted by atomic mass is 14.7. The van der Waals surface area contributed by atoms with Crippen molar-refractivity contribution in [2.24, 2.45) is 0 Å². The van der Waals surface area contributed by atoms with E-state index in [1.54, 1.807) is 0 Å². The summed E-state index contributed by atoms with van der Waals surface area (Å²) in [5.41, 5.74) is 3.51. The predicted molar refractivity (Wildman–Crippen MR) is 80.7 cm³/mol. The van der Waals surface area contributed by atoms with E-state index in [-0.39, 0.29) is 0 Å². The summed E-state index contributed by atoms with van der Waals surface area (Å²) in [7, 11) is 0. The van der Waals surface area contributed by atoms with Gasteiger partial charge in [0.15, 0.2) is 0 Å². The predicted octanol–water partition coefficient (Wildman–Crippen LogP) is 4.29. The zero-order chi connectivity index (χ0) is 13.4.